The Labute approximate surface area is 86.1 Å². The van der Waals surface area contributed by atoms with Gasteiger partial charge in [0.1, 0.15) is 0 Å². The van der Waals surface area contributed by atoms with Crippen molar-refractivity contribution in [1.29, 1.82) is 0 Å². The third kappa shape index (κ3) is 1.33. The second-order valence-electron chi connectivity index (χ2n) is 3.88. The number of aromatic hydroxyl groups is 1. The molecule has 1 aliphatic heterocycles. The SMILES string of the molecule is CC(C)N1CCn2[nH]c(=O)c(O)c2C1=O. The molecule has 6 nitrogen and oxygen atoms in total. The van der Waals surface area contributed by atoms with Gasteiger partial charge in [-0.2, -0.15) is 0 Å². The second-order valence-corrected chi connectivity index (χ2v) is 3.88. The van der Waals surface area contributed by atoms with E-state index in [1.165, 1.54) is 4.68 Å². The van der Waals surface area contributed by atoms with E-state index in [1.807, 2.05) is 13.8 Å². The molecule has 0 aromatic carbocycles. The maximum atomic E-state index is 11.9. The van der Waals surface area contributed by atoms with Crippen LogP contribution in [-0.2, 0) is 6.54 Å². The van der Waals surface area contributed by atoms with E-state index in [0.29, 0.717) is 13.1 Å². The molecule has 1 aliphatic rings. The van der Waals surface area contributed by atoms with Gasteiger partial charge in [0.15, 0.2) is 5.69 Å². The van der Waals surface area contributed by atoms with Gasteiger partial charge in [0, 0.05) is 12.6 Å². The Morgan fingerprint density at radius 2 is 2.00 bits per heavy atom. The number of rotatable bonds is 1. The van der Waals surface area contributed by atoms with E-state index in [4.69, 9.17) is 0 Å². The fourth-order valence-corrected chi connectivity index (χ4v) is 1.79. The van der Waals surface area contributed by atoms with Crippen LogP contribution in [0.4, 0.5) is 0 Å². The Hall–Kier alpha value is -1.72. The van der Waals surface area contributed by atoms with Gasteiger partial charge in [0.05, 0.1) is 6.54 Å². The van der Waals surface area contributed by atoms with Crippen molar-refractivity contribution in [2.75, 3.05) is 6.54 Å². The molecule has 1 aromatic rings. The molecule has 0 spiro atoms. The number of carbonyl (C=O) groups is 1. The number of aromatic nitrogens is 2. The van der Waals surface area contributed by atoms with Gasteiger partial charge in [0.25, 0.3) is 5.91 Å². The average Bonchev–Trinajstić information content (AvgIpc) is 2.43. The summed E-state index contributed by atoms with van der Waals surface area (Å²) in [4.78, 5) is 24.6. The van der Waals surface area contributed by atoms with Gasteiger partial charge in [-0.15, -0.1) is 0 Å². The summed E-state index contributed by atoms with van der Waals surface area (Å²) in [6, 6.07) is 0.0654. The number of amides is 1. The van der Waals surface area contributed by atoms with Gasteiger partial charge in [-0.3, -0.25) is 19.4 Å². The van der Waals surface area contributed by atoms with Crippen molar-refractivity contribution in [3.63, 3.8) is 0 Å². The minimum absolute atomic E-state index is 0.0654. The van der Waals surface area contributed by atoms with Crippen molar-refractivity contribution in [3.8, 4) is 5.75 Å². The van der Waals surface area contributed by atoms with E-state index in [-0.39, 0.29) is 17.6 Å². The molecule has 0 saturated carbocycles. The molecule has 2 heterocycles. The second kappa shape index (κ2) is 3.15. The van der Waals surface area contributed by atoms with E-state index < -0.39 is 11.3 Å². The molecule has 1 amide bonds. The summed E-state index contributed by atoms with van der Waals surface area (Å²) >= 11 is 0. The minimum Gasteiger partial charge on any atom is -0.501 e. The summed E-state index contributed by atoms with van der Waals surface area (Å²) in [5, 5.41) is 11.9. The monoisotopic (exact) mass is 211 g/mol. The highest BCUT2D eigenvalue weighted by molar-refractivity contribution is 5.95. The molecule has 1 aromatic heterocycles. The van der Waals surface area contributed by atoms with Crippen molar-refractivity contribution >= 4 is 5.91 Å². The zero-order chi connectivity index (χ0) is 11.2. The van der Waals surface area contributed by atoms with Crippen molar-refractivity contribution in [2.24, 2.45) is 0 Å². The smallest absolute Gasteiger partial charge is 0.307 e. The van der Waals surface area contributed by atoms with E-state index in [0.717, 1.165) is 0 Å². The summed E-state index contributed by atoms with van der Waals surface area (Å²) in [5.41, 5.74) is -0.538. The van der Waals surface area contributed by atoms with E-state index in [2.05, 4.69) is 5.10 Å². The number of hydrogen-bond donors (Lipinski definition) is 2. The molecule has 0 bridgehead atoms. The van der Waals surface area contributed by atoms with Crippen LogP contribution in [-0.4, -0.2) is 38.3 Å². The molecule has 0 aliphatic carbocycles. The maximum absolute atomic E-state index is 11.9. The van der Waals surface area contributed by atoms with Crippen LogP contribution in [0.3, 0.4) is 0 Å². The lowest BCUT2D eigenvalue weighted by Crippen LogP contribution is -2.44. The average molecular weight is 211 g/mol. The van der Waals surface area contributed by atoms with Crippen molar-refractivity contribution < 1.29 is 9.90 Å². The molecule has 2 N–H and O–H groups in total. The molecule has 0 unspecified atom stereocenters. The van der Waals surface area contributed by atoms with Gasteiger partial charge >= 0.3 is 5.56 Å². The van der Waals surface area contributed by atoms with Crippen molar-refractivity contribution in [2.45, 2.75) is 26.4 Å². The number of hydrogen-bond acceptors (Lipinski definition) is 3. The first-order valence-electron chi connectivity index (χ1n) is 4.85. The highest BCUT2D eigenvalue weighted by atomic mass is 16.3. The third-order valence-corrected chi connectivity index (χ3v) is 2.60. The van der Waals surface area contributed by atoms with Gasteiger partial charge in [-0.1, -0.05) is 0 Å². The lowest BCUT2D eigenvalue weighted by atomic mass is 10.2. The molecular formula is C9H13N3O3. The normalized spacial score (nSPS) is 15.9. The fourth-order valence-electron chi connectivity index (χ4n) is 1.79. The number of H-pyrrole nitrogens is 1. The fraction of sp³-hybridized carbons (Fsp3) is 0.556. The standard InChI is InChI=1S/C9H13N3O3/c1-5(2)11-3-4-12-6(9(11)15)7(13)8(14)10-12/h5,13H,3-4H2,1-2H3,(H,10,14). The van der Waals surface area contributed by atoms with Gasteiger partial charge in [-0.05, 0) is 13.8 Å². The van der Waals surface area contributed by atoms with Crippen molar-refractivity contribution in [1.82, 2.24) is 14.7 Å². The molecule has 0 saturated heterocycles. The van der Waals surface area contributed by atoms with Crippen LogP contribution in [0, 0.1) is 0 Å². The van der Waals surface area contributed by atoms with E-state index >= 15 is 0 Å². The molecule has 0 atom stereocenters. The number of carbonyl (C=O) groups excluding carboxylic acids is 1. The topological polar surface area (TPSA) is 78.3 Å². The summed E-state index contributed by atoms with van der Waals surface area (Å²) in [7, 11) is 0. The molecule has 15 heavy (non-hydrogen) atoms. The number of fused-ring (bicyclic) bond motifs is 1. The number of nitrogens with zero attached hydrogens (tertiary/aromatic N) is 2. The molecule has 82 valence electrons. The molecule has 6 heteroatoms. The Bertz CT molecular complexity index is 458. The number of nitrogens with one attached hydrogen (secondary N) is 1. The lowest BCUT2D eigenvalue weighted by molar-refractivity contribution is 0.0638. The predicted octanol–water partition coefficient (Wildman–Crippen LogP) is -0.254. The van der Waals surface area contributed by atoms with Gasteiger partial charge < -0.3 is 10.0 Å². The lowest BCUT2D eigenvalue weighted by Gasteiger charge is -2.30. The Kier molecular flexibility index (Phi) is 2.06. The summed E-state index contributed by atoms with van der Waals surface area (Å²) in [6.07, 6.45) is 0. The summed E-state index contributed by atoms with van der Waals surface area (Å²) < 4.78 is 1.40. The summed E-state index contributed by atoms with van der Waals surface area (Å²) in [5.74, 6) is -0.780. The maximum Gasteiger partial charge on any atom is 0.307 e. The summed E-state index contributed by atoms with van der Waals surface area (Å²) in [6.45, 7) is 4.85. The molecule has 0 fully saturated rings. The van der Waals surface area contributed by atoms with Crippen LogP contribution < -0.4 is 5.56 Å². The first kappa shape index (κ1) is 9.82. The first-order chi connectivity index (χ1) is 7.02. The predicted molar refractivity (Wildman–Crippen MR) is 52.9 cm³/mol. The highest BCUT2D eigenvalue weighted by Gasteiger charge is 2.31. The number of aromatic amines is 1. The van der Waals surface area contributed by atoms with Gasteiger partial charge in [-0.25, -0.2) is 0 Å². The quantitative estimate of drug-likeness (QED) is 0.672. The minimum atomic E-state index is -0.607. The zero-order valence-electron chi connectivity index (χ0n) is 8.65. The Balaban J connectivity index is 2.50. The molecule has 0 radical (unpaired) electrons. The van der Waals surface area contributed by atoms with Crippen molar-refractivity contribution in [3.05, 3.63) is 16.0 Å². The van der Waals surface area contributed by atoms with E-state index in [9.17, 15) is 14.7 Å². The first-order valence-corrected chi connectivity index (χ1v) is 4.85. The molecule has 2 rings (SSSR count). The van der Waals surface area contributed by atoms with Crippen LogP contribution >= 0.6 is 0 Å². The molecular weight excluding hydrogens is 198 g/mol. The van der Waals surface area contributed by atoms with Crippen LogP contribution in [0.15, 0.2) is 4.79 Å². The zero-order valence-corrected chi connectivity index (χ0v) is 8.65. The van der Waals surface area contributed by atoms with Crippen LogP contribution in [0.1, 0.15) is 24.3 Å². The largest absolute Gasteiger partial charge is 0.501 e. The van der Waals surface area contributed by atoms with Crippen LogP contribution in [0.5, 0.6) is 5.75 Å². The van der Waals surface area contributed by atoms with Gasteiger partial charge in [0.2, 0.25) is 5.75 Å². The Morgan fingerprint density at radius 3 is 2.60 bits per heavy atom. The van der Waals surface area contributed by atoms with E-state index in [1.54, 1.807) is 4.90 Å². The van der Waals surface area contributed by atoms with Crippen LogP contribution in [0.2, 0.25) is 0 Å². The highest BCUT2D eigenvalue weighted by Crippen LogP contribution is 2.19. The third-order valence-electron chi connectivity index (χ3n) is 2.60. The Morgan fingerprint density at radius 1 is 1.33 bits per heavy atom. The van der Waals surface area contributed by atoms with Crippen LogP contribution in [0.25, 0.3) is 0 Å².